The van der Waals surface area contributed by atoms with E-state index in [1.54, 1.807) is 13.2 Å². The quantitative estimate of drug-likeness (QED) is 0.286. The highest BCUT2D eigenvalue weighted by molar-refractivity contribution is 14.0. The Labute approximate surface area is 210 Å². The van der Waals surface area contributed by atoms with Gasteiger partial charge in [-0.2, -0.15) is 0 Å². The van der Waals surface area contributed by atoms with Crippen molar-refractivity contribution in [3.63, 3.8) is 0 Å². The van der Waals surface area contributed by atoms with E-state index >= 15 is 0 Å². The number of guanidine groups is 1. The average Bonchev–Trinajstić information content (AvgIpc) is 2.82. The van der Waals surface area contributed by atoms with Gasteiger partial charge in [0.05, 0.1) is 25.9 Å². The van der Waals surface area contributed by atoms with Crippen LogP contribution in [0.25, 0.3) is 0 Å². The van der Waals surface area contributed by atoms with Crippen molar-refractivity contribution in [2.45, 2.75) is 13.5 Å². The number of methoxy groups -OCH3 is 1. The number of nitrogens with one attached hydrogen (secondary N) is 1. The zero-order valence-electron chi connectivity index (χ0n) is 18.9. The summed E-state index contributed by atoms with van der Waals surface area (Å²) in [5.74, 6) is 1.07. The van der Waals surface area contributed by atoms with Crippen molar-refractivity contribution in [3.05, 3.63) is 53.6 Å². The maximum atomic E-state index is 14.1. The number of benzene rings is 2. The molecule has 182 valence electrons. The number of anilines is 1. The second-order valence-corrected chi connectivity index (χ2v) is 7.30. The summed E-state index contributed by atoms with van der Waals surface area (Å²) < 4.78 is 38.5. The molecule has 0 aromatic heterocycles. The van der Waals surface area contributed by atoms with Crippen molar-refractivity contribution < 1.29 is 23.4 Å². The Morgan fingerprint density at radius 2 is 1.85 bits per heavy atom. The molecule has 7 nitrogen and oxygen atoms in total. The van der Waals surface area contributed by atoms with Gasteiger partial charge in [0.25, 0.3) is 0 Å². The Bertz CT molecular complexity index is 925. The van der Waals surface area contributed by atoms with Gasteiger partial charge in [0.1, 0.15) is 18.2 Å². The van der Waals surface area contributed by atoms with Crippen LogP contribution in [0.3, 0.4) is 0 Å². The van der Waals surface area contributed by atoms with Gasteiger partial charge in [-0.05, 0) is 36.8 Å². The summed E-state index contributed by atoms with van der Waals surface area (Å²) in [6.45, 7) is 5.70. The number of hydrogen-bond acceptors (Lipinski definition) is 5. The summed E-state index contributed by atoms with van der Waals surface area (Å²) in [6, 6.07) is 9.11. The van der Waals surface area contributed by atoms with Gasteiger partial charge in [0.2, 0.25) is 0 Å². The van der Waals surface area contributed by atoms with Gasteiger partial charge in [0.15, 0.2) is 17.5 Å². The Morgan fingerprint density at radius 1 is 1.09 bits per heavy atom. The molecule has 0 spiro atoms. The fourth-order valence-corrected chi connectivity index (χ4v) is 3.56. The molecule has 3 rings (SSSR count). The van der Waals surface area contributed by atoms with E-state index in [0.29, 0.717) is 49.9 Å². The highest BCUT2D eigenvalue weighted by Gasteiger charge is 2.22. The molecular formula is C23H31F2IN4O3. The summed E-state index contributed by atoms with van der Waals surface area (Å²) in [5, 5.41) is 12.2. The van der Waals surface area contributed by atoms with Crippen LogP contribution in [-0.2, 0) is 6.54 Å². The molecule has 0 saturated carbocycles. The molecule has 2 aromatic rings. The first-order valence-corrected chi connectivity index (χ1v) is 10.7. The zero-order valence-corrected chi connectivity index (χ0v) is 21.2. The largest absolute Gasteiger partial charge is 0.493 e. The maximum absolute atomic E-state index is 14.1. The van der Waals surface area contributed by atoms with Crippen LogP contribution in [0.1, 0.15) is 12.5 Å². The lowest BCUT2D eigenvalue weighted by Gasteiger charge is -2.37. The molecule has 2 N–H and O–H groups in total. The molecule has 0 amide bonds. The van der Waals surface area contributed by atoms with Crippen LogP contribution >= 0.6 is 24.0 Å². The van der Waals surface area contributed by atoms with E-state index in [-0.39, 0.29) is 37.2 Å². The van der Waals surface area contributed by atoms with Crippen LogP contribution in [0.5, 0.6) is 11.5 Å². The van der Waals surface area contributed by atoms with Crippen LogP contribution in [0.15, 0.2) is 41.4 Å². The predicted octanol–water partition coefficient (Wildman–Crippen LogP) is 3.25. The van der Waals surface area contributed by atoms with Gasteiger partial charge < -0.3 is 29.7 Å². The van der Waals surface area contributed by atoms with Gasteiger partial charge in [0, 0.05) is 38.8 Å². The smallest absolute Gasteiger partial charge is 0.194 e. The SMILES string of the molecule is CCNC(=NCc1ccc(OCCO)c(OC)c1)N1CCN(c2cc(F)ccc2F)CC1.I. The summed E-state index contributed by atoms with van der Waals surface area (Å²) in [5.41, 5.74) is 1.25. The third kappa shape index (κ3) is 7.32. The fourth-order valence-electron chi connectivity index (χ4n) is 3.56. The van der Waals surface area contributed by atoms with Gasteiger partial charge in [-0.15, -0.1) is 24.0 Å². The summed E-state index contributed by atoms with van der Waals surface area (Å²) in [4.78, 5) is 8.72. The average molecular weight is 576 g/mol. The first-order valence-electron chi connectivity index (χ1n) is 10.7. The minimum Gasteiger partial charge on any atom is -0.493 e. The lowest BCUT2D eigenvalue weighted by atomic mass is 10.2. The standard InChI is InChI=1S/C23H30F2N4O3.HI/c1-3-26-23(27-16-17-4-7-21(32-13-12-30)22(14-17)31-2)29-10-8-28(9-11-29)20-15-18(24)5-6-19(20)25;/h4-7,14-15,30H,3,8-13,16H2,1-2H3,(H,26,27);1H. The fraction of sp³-hybridized carbons (Fsp3) is 0.435. The molecule has 2 aromatic carbocycles. The van der Waals surface area contributed by atoms with Crippen molar-refractivity contribution >= 4 is 35.6 Å². The van der Waals surface area contributed by atoms with Gasteiger partial charge in [-0.25, -0.2) is 13.8 Å². The molecule has 33 heavy (non-hydrogen) atoms. The van der Waals surface area contributed by atoms with Gasteiger partial charge in [-0.3, -0.25) is 0 Å². The topological polar surface area (TPSA) is 69.6 Å². The molecule has 0 unspecified atom stereocenters. The molecule has 1 heterocycles. The van der Waals surface area contributed by atoms with E-state index in [0.717, 1.165) is 30.2 Å². The third-order valence-corrected chi connectivity index (χ3v) is 5.15. The van der Waals surface area contributed by atoms with Crippen molar-refractivity contribution in [2.75, 3.05) is 57.9 Å². The number of halogens is 3. The van der Waals surface area contributed by atoms with E-state index < -0.39 is 11.6 Å². The molecule has 0 bridgehead atoms. The third-order valence-electron chi connectivity index (χ3n) is 5.15. The van der Waals surface area contributed by atoms with Gasteiger partial charge in [-0.1, -0.05) is 6.07 Å². The van der Waals surface area contributed by atoms with E-state index in [4.69, 9.17) is 19.6 Å². The van der Waals surface area contributed by atoms with Crippen molar-refractivity contribution in [2.24, 2.45) is 4.99 Å². The Kier molecular flexibility index (Phi) is 10.9. The molecule has 1 fully saturated rings. The normalized spacial score (nSPS) is 14.0. The monoisotopic (exact) mass is 576 g/mol. The lowest BCUT2D eigenvalue weighted by Crippen LogP contribution is -2.52. The zero-order chi connectivity index (χ0) is 22.9. The van der Waals surface area contributed by atoms with E-state index in [2.05, 4.69) is 10.2 Å². The van der Waals surface area contributed by atoms with Crippen molar-refractivity contribution in [1.29, 1.82) is 0 Å². The first-order chi connectivity index (χ1) is 15.5. The maximum Gasteiger partial charge on any atom is 0.194 e. The second kappa shape index (κ2) is 13.4. The molecule has 0 atom stereocenters. The Morgan fingerprint density at radius 3 is 2.52 bits per heavy atom. The van der Waals surface area contributed by atoms with Crippen LogP contribution in [0.4, 0.5) is 14.5 Å². The molecular weight excluding hydrogens is 545 g/mol. The number of hydrogen-bond donors (Lipinski definition) is 2. The molecule has 0 aliphatic carbocycles. The number of nitrogens with zero attached hydrogens (tertiary/aromatic N) is 3. The Balaban J connectivity index is 0.00000385. The number of piperazine rings is 1. The summed E-state index contributed by atoms with van der Waals surface area (Å²) >= 11 is 0. The minimum absolute atomic E-state index is 0. The first kappa shape index (κ1) is 26.9. The summed E-state index contributed by atoms with van der Waals surface area (Å²) in [7, 11) is 1.57. The highest BCUT2D eigenvalue weighted by atomic mass is 127. The van der Waals surface area contributed by atoms with Crippen molar-refractivity contribution in [1.82, 2.24) is 10.2 Å². The lowest BCUT2D eigenvalue weighted by molar-refractivity contribution is 0.196. The van der Waals surface area contributed by atoms with Gasteiger partial charge >= 0.3 is 0 Å². The van der Waals surface area contributed by atoms with Crippen LogP contribution in [0, 0.1) is 11.6 Å². The number of ether oxygens (including phenoxy) is 2. The van der Waals surface area contributed by atoms with E-state index in [1.165, 1.54) is 6.07 Å². The second-order valence-electron chi connectivity index (χ2n) is 7.30. The van der Waals surface area contributed by atoms with Crippen LogP contribution in [-0.4, -0.2) is 69.0 Å². The van der Waals surface area contributed by atoms with E-state index in [9.17, 15) is 8.78 Å². The summed E-state index contributed by atoms with van der Waals surface area (Å²) in [6.07, 6.45) is 0. The highest BCUT2D eigenvalue weighted by Crippen LogP contribution is 2.28. The molecule has 1 aliphatic heterocycles. The minimum atomic E-state index is -0.443. The number of aliphatic imine (C=N–C) groups is 1. The number of aliphatic hydroxyl groups excluding tert-OH is 1. The van der Waals surface area contributed by atoms with Crippen LogP contribution in [0.2, 0.25) is 0 Å². The predicted molar refractivity (Wildman–Crippen MR) is 136 cm³/mol. The molecule has 0 radical (unpaired) electrons. The Hall–Kier alpha value is -2.34. The van der Waals surface area contributed by atoms with E-state index in [1.807, 2.05) is 24.0 Å². The van der Waals surface area contributed by atoms with Crippen molar-refractivity contribution in [3.8, 4) is 11.5 Å². The molecule has 1 saturated heterocycles. The molecule has 10 heteroatoms. The molecule has 1 aliphatic rings. The number of rotatable bonds is 8. The van der Waals surface area contributed by atoms with Crippen LogP contribution < -0.4 is 19.7 Å². The number of aliphatic hydroxyl groups is 1.